The third-order valence-corrected chi connectivity index (χ3v) is 2.85. The number of carbonyl (C=O) groups excluding carboxylic acids is 1. The predicted octanol–water partition coefficient (Wildman–Crippen LogP) is 3.09. The first-order valence-electron chi connectivity index (χ1n) is 7.00. The van der Waals surface area contributed by atoms with Crippen molar-refractivity contribution in [3.05, 3.63) is 48.5 Å². The summed E-state index contributed by atoms with van der Waals surface area (Å²) in [7, 11) is 0. The van der Waals surface area contributed by atoms with Gasteiger partial charge in [-0.1, -0.05) is 0 Å². The van der Waals surface area contributed by atoms with Crippen LogP contribution < -0.4 is 14.8 Å². The predicted molar refractivity (Wildman–Crippen MR) is 83.4 cm³/mol. The Morgan fingerprint density at radius 2 is 1.55 bits per heavy atom. The molecule has 116 valence electrons. The maximum Gasteiger partial charge on any atom is 0.217 e. The molecule has 1 atom stereocenters. The van der Waals surface area contributed by atoms with Crippen molar-refractivity contribution in [1.29, 1.82) is 0 Å². The molecule has 1 unspecified atom stereocenters. The van der Waals surface area contributed by atoms with Gasteiger partial charge in [-0.05, 0) is 55.5 Å². The number of benzene rings is 2. The summed E-state index contributed by atoms with van der Waals surface area (Å²) in [5, 5.41) is 12.0. The number of rotatable bonds is 6. The van der Waals surface area contributed by atoms with E-state index in [1.807, 2.05) is 6.92 Å². The average molecular weight is 301 g/mol. The van der Waals surface area contributed by atoms with Gasteiger partial charge in [0.1, 0.15) is 29.6 Å². The van der Waals surface area contributed by atoms with Crippen LogP contribution in [0.15, 0.2) is 48.5 Å². The smallest absolute Gasteiger partial charge is 0.217 e. The third kappa shape index (κ3) is 5.01. The van der Waals surface area contributed by atoms with Gasteiger partial charge in [0, 0.05) is 6.92 Å². The normalized spacial score (nSPS) is 11.5. The summed E-state index contributed by atoms with van der Waals surface area (Å²) < 4.78 is 11.2. The Balaban J connectivity index is 1.87. The molecule has 5 nitrogen and oxygen atoms in total. The molecule has 1 amide bonds. The van der Waals surface area contributed by atoms with E-state index in [-0.39, 0.29) is 17.7 Å². The Bertz CT molecular complexity index is 608. The zero-order valence-corrected chi connectivity index (χ0v) is 12.6. The average Bonchev–Trinajstić information content (AvgIpc) is 2.48. The van der Waals surface area contributed by atoms with Crippen LogP contribution in [0, 0.1) is 0 Å². The minimum atomic E-state index is -0.0752. The highest BCUT2D eigenvalue weighted by molar-refractivity contribution is 5.73. The lowest BCUT2D eigenvalue weighted by molar-refractivity contribution is -0.119. The monoisotopic (exact) mass is 301 g/mol. The molecule has 0 saturated carbocycles. The number of phenolic OH excluding ortho intramolecular Hbond substituents is 1. The van der Waals surface area contributed by atoms with Gasteiger partial charge in [-0.15, -0.1) is 0 Å². The standard InChI is InChI=1S/C17H19NO4/c1-12(18-13(2)19)11-21-15-7-9-17(10-8-15)22-16-5-3-14(20)4-6-16/h3-10,12,20H,11H2,1-2H3,(H,18,19). The van der Waals surface area contributed by atoms with Crippen LogP contribution in [0.4, 0.5) is 0 Å². The van der Waals surface area contributed by atoms with Crippen molar-refractivity contribution in [2.45, 2.75) is 19.9 Å². The van der Waals surface area contributed by atoms with Gasteiger partial charge < -0.3 is 19.9 Å². The highest BCUT2D eigenvalue weighted by Gasteiger charge is 2.04. The number of aromatic hydroxyl groups is 1. The second-order valence-corrected chi connectivity index (χ2v) is 4.98. The van der Waals surface area contributed by atoms with Gasteiger partial charge in [-0.25, -0.2) is 0 Å². The minimum absolute atomic E-state index is 0.0505. The highest BCUT2D eigenvalue weighted by Crippen LogP contribution is 2.25. The molecule has 0 aliphatic carbocycles. The minimum Gasteiger partial charge on any atom is -0.508 e. The van der Waals surface area contributed by atoms with Gasteiger partial charge in [0.25, 0.3) is 0 Å². The summed E-state index contributed by atoms with van der Waals surface area (Å²) in [5.41, 5.74) is 0. The molecule has 0 radical (unpaired) electrons. The zero-order valence-electron chi connectivity index (χ0n) is 12.6. The number of phenols is 1. The Labute approximate surface area is 129 Å². The molecule has 2 N–H and O–H groups in total. The molecule has 0 aromatic heterocycles. The fourth-order valence-electron chi connectivity index (χ4n) is 1.86. The zero-order chi connectivity index (χ0) is 15.9. The van der Waals surface area contributed by atoms with Crippen LogP contribution in [0.1, 0.15) is 13.8 Å². The van der Waals surface area contributed by atoms with Crippen LogP contribution >= 0.6 is 0 Å². The first kappa shape index (κ1) is 15.7. The summed E-state index contributed by atoms with van der Waals surface area (Å²) in [6.45, 7) is 3.76. The van der Waals surface area contributed by atoms with Gasteiger partial charge in [-0.2, -0.15) is 0 Å². The van der Waals surface area contributed by atoms with E-state index in [4.69, 9.17) is 9.47 Å². The van der Waals surface area contributed by atoms with E-state index in [0.29, 0.717) is 23.9 Å². The molecule has 0 aliphatic heterocycles. The third-order valence-electron chi connectivity index (χ3n) is 2.85. The quantitative estimate of drug-likeness (QED) is 0.860. The van der Waals surface area contributed by atoms with E-state index in [1.165, 1.54) is 6.92 Å². The Morgan fingerprint density at radius 1 is 1.05 bits per heavy atom. The molecule has 5 heteroatoms. The van der Waals surface area contributed by atoms with E-state index < -0.39 is 0 Å². The van der Waals surface area contributed by atoms with Crippen LogP contribution in [0.3, 0.4) is 0 Å². The Hall–Kier alpha value is -2.69. The lowest BCUT2D eigenvalue weighted by atomic mass is 10.3. The molecule has 0 aliphatic rings. The maximum atomic E-state index is 10.9. The second-order valence-electron chi connectivity index (χ2n) is 4.98. The van der Waals surface area contributed by atoms with Gasteiger partial charge in [0.05, 0.1) is 6.04 Å². The van der Waals surface area contributed by atoms with Crippen molar-refractivity contribution in [2.75, 3.05) is 6.61 Å². The van der Waals surface area contributed by atoms with E-state index in [1.54, 1.807) is 48.5 Å². The largest absolute Gasteiger partial charge is 0.508 e. The van der Waals surface area contributed by atoms with E-state index in [2.05, 4.69) is 5.32 Å². The first-order chi connectivity index (χ1) is 10.5. The molecule has 22 heavy (non-hydrogen) atoms. The van der Waals surface area contributed by atoms with Gasteiger partial charge in [0.15, 0.2) is 0 Å². The van der Waals surface area contributed by atoms with Crippen molar-refractivity contribution >= 4 is 5.91 Å². The van der Waals surface area contributed by atoms with Crippen LogP contribution in [0.5, 0.6) is 23.0 Å². The Morgan fingerprint density at radius 3 is 2.09 bits per heavy atom. The first-order valence-corrected chi connectivity index (χ1v) is 7.00. The fraction of sp³-hybridized carbons (Fsp3) is 0.235. The van der Waals surface area contributed by atoms with Crippen molar-refractivity contribution in [1.82, 2.24) is 5.32 Å². The van der Waals surface area contributed by atoms with E-state index in [0.717, 1.165) is 0 Å². The van der Waals surface area contributed by atoms with Crippen LogP contribution in [-0.2, 0) is 4.79 Å². The van der Waals surface area contributed by atoms with Crippen molar-refractivity contribution in [3.8, 4) is 23.0 Å². The molecule has 0 saturated heterocycles. The van der Waals surface area contributed by atoms with Gasteiger partial charge >= 0.3 is 0 Å². The molecule has 2 aromatic rings. The van der Waals surface area contributed by atoms with Crippen LogP contribution in [-0.4, -0.2) is 23.7 Å². The van der Waals surface area contributed by atoms with Gasteiger partial charge in [0.2, 0.25) is 5.91 Å². The van der Waals surface area contributed by atoms with E-state index in [9.17, 15) is 9.90 Å². The van der Waals surface area contributed by atoms with E-state index >= 15 is 0 Å². The molecule has 2 rings (SSSR count). The topological polar surface area (TPSA) is 67.8 Å². The van der Waals surface area contributed by atoms with Gasteiger partial charge in [-0.3, -0.25) is 4.79 Å². The van der Waals surface area contributed by atoms with Crippen LogP contribution in [0.25, 0.3) is 0 Å². The number of hydrogen-bond donors (Lipinski definition) is 2. The highest BCUT2D eigenvalue weighted by atomic mass is 16.5. The van der Waals surface area contributed by atoms with Crippen molar-refractivity contribution in [3.63, 3.8) is 0 Å². The van der Waals surface area contributed by atoms with Crippen LogP contribution in [0.2, 0.25) is 0 Å². The van der Waals surface area contributed by atoms with Crippen molar-refractivity contribution in [2.24, 2.45) is 0 Å². The lowest BCUT2D eigenvalue weighted by Gasteiger charge is -2.14. The Kier molecular flexibility index (Phi) is 5.25. The SMILES string of the molecule is CC(=O)NC(C)COc1ccc(Oc2ccc(O)cc2)cc1. The summed E-state index contributed by atoms with van der Waals surface area (Å²) in [6, 6.07) is 13.7. The number of hydrogen-bond acceptors (Lipinski definition) is 4. The molecule has 2 aromatic carbocycles. The molecule has 0 spiro atoms. The molecular weight excluding hydrogens is 282 g/mol. The lowest BCUT2D eigenvalue weighted by Crippen LogP contribution is -2.35. The maximum absolute atomic E-state index is 10.9. The number of amides is 1. The molecule has 0 bridgehead atoms. The fourth-order valence-corrected chi connectivity index (χ4v) is 1.86. The summed E-state index contributed by atoms with van der Waals surface area (Å²) in [4.78, 5) is 10.9. The summed E-state index contributed by atoms with van der Waals surface area (Å²) >= 11 is 0. The number of ether oxygens (including phenoxy) is 2. The number of carbonyl (C=O) groups is 1. The molecular formula is C17H19NO4. The molecule has 0 fully saturated rings. The van der Waals surface area contributed by atoms with Crippen molar-refractivity contribution < 1.29 is 19.4 Å². The summed E-state index contributed by atoms with van der Waals surface area (Å²) in [6.07, 6.45) is 0. The summed E-state index contributed by atoms with van der Waals surface area (Å²) in [5.74, 6) is 2.15. The number of nitrogens with one attached hydrogen (secondary N) is 1. The second kappa shape index (κ2) is 7.36. The molecule has 0 heterocycles.